The first kappa shape index (κ1) is 15.3. The summed E-state index contributed by atoms with van der Waals surface area (Å²) >= 11 is 0. The van der Waals surface area contributed by atoms with Gasteiger partial charge in [-0.1, -0.05) is 0 Å². The Balaban J connectivity index is 1.62. The van der Waals surface area contributed by atoms with E-state index in [9.17, 15) is 9.18 Å². The maximum absolute atomic E-state index is 14.1. The van der Waals surface area contributed by atoms with E-state index in [1.165, 1.54) is 4.63 Å². The average molecular weight is 334 g/mol. The summed E-state index contributed by atoms with van der Waals surface area (Å²) in [6.45, 7) is 4.10. The second kappa shape index (κ2) is 5.97. The van der Waals surface area contributed by atoms with Crippen molar-refractivity contribution in [2.24, 2.45) is 0 Å². The molecule has 9 heteroatoms. The highest BCUT2D eigenvalue weighted by Crippen LogP contribution is 2.27. The standard InChI is InChI=1S/C15H19FN6O2/c1-10-17-13-2-3-14(19-22(13)18-10)21-9-11(16)8-12(21)15(23)20-4-6-24-7-5-20/h2-3,11-12H,4-9H2,1H3/t11-,12+/m1/s1. The molecule has 0 N–H and O–H groups in total. The number of aromatic nitrogens is 4. The summed E-state index contributed by atoms with van der Waals surface area (Å²) in [7, 11) is 0. The van der Waals surface area contributed by atoms with Crippen LogP contribution in [0.4, 0.5) is 10.2 Å². The van der Waals surface area contributed by atoms with Gasteiger partial charge in [-0.2, -0.15) is 0 Å². The van der Waals surface area contributed by atoms with Gasteiger partial charge in [-0.05, 0) is 19.1 Å². The number of hydrogen-bond acceptors (Lipinski definition) is 6. The number of carbonyl (C=O) groups excluding carboxylic acids is 1. The van der Waals surface area contributed by atoms with E-state index in [4.69, 9.17) is 4.74 Å². The first-order chi connectivity index (χ1) is 11.6. The van der Waals surface area contributed by atoms with Crippen LogP contribution in [0.15, 0.2) is 12.1 Å². The monoisotopic (exact) mass is 334 g/mol. The van der Waals surface area contributed by atoms with Crippen LogP contribution in [0.1, 0.15) is 12.2 Å². The molecule has 4 heterocycles. The van der Waals surface area contributed by atoms with Crippen LogP contribution < -0.4 is 4.90 Å². The molecular weight excluding hydrogens is 315 g/mol. The molecule has 2 fully saturated rings. The number of halogens is 1. The number of anilines is 1. The number of ether oxygens (including phenoxy) is 1. The van der Waals surface area contributed by atoms with Gasteiger partial charge < -0.3 is 14.5 Å². The van der Waals surface area contributed by atoms with E-state index in [-0.39, 0.29) is 18.9 Å². The van der Waals surface area contributed by atoms with Gasteiger partial charge in [0.25, 0.3) is 0 Å². The van der Waals surface area contributed by atoms with Crippen LogP contribution in [0.2, 0.25) is 0 Å². The Morgan fingerprint density at radius 3 is 2.88 bits per heavy atom. The van der Waals surface area contributed by atoms with Crippen LogP contribution in [0, 0.1) is 6.92 Å². The lowest BCUT2D eigenvalue weighted by Gasteiger charge is -2.32. The van der Waals surface area contributed by atoms with Crippen LogP contribution in [-0.4, -0.2) is 75.7 Å². The van der Waals surface area contributed by atoms with Crippen LogP contribution in [0.3, 0.4) is 0 Å². The lowest BCUT2D eigenvalue weighted by molar-refractivity contribution is -0.136. The molecule has 4 rings (SSSR count). The largest absolute Gasteiger partial charge is 0.378 e. The molecule has 2 aliphatic rings. The summed E-state index contributed by atoms with van der Waals surface area (Å²) in [4.78, 5) is 20.5. The highest BCUT2D eigenvalue weighted by Gasteiger charge is 2.40. The van der Waals surface area contributed by atoms with Gasteiger partial charge in [0.15, 0.2) is 11.5 Å². The molecule has 0 saturated carbocycles. The quantitative estimate of drug-likeness (QED) is 0.781. The van der Waals surface area contributed by atoms with Crippen LogP contribution in [-0.2, 0) is 9.53 Å². The number of aryl methyl sites for hydroxylation is 1. The molecule has 2 aromatic heterocycles. The number of amides is 1. The van der Waals surface area contributed by atoms with E-state index >= 15 is 0 Å². The molecule has 0 aliphatic carbocycles. The second-order valence-electron chi connectivity index (χ2n) is 6.14. The Morgan fingerprint density at radius 2 is 2.08 bits per heavy atom. The van der Waals surface area contributed by atoms with Gasteiger partial charge in [-0.3, -0.25) is 4.79 Å². The van der Waals surface area contributed by atoms with Crippen molar-refractivity contribution < 1.29 is 13.9 Å². The van der Waals surface area contributed by atoms with E-state index in [1.54, 1.807) is 28.9 Å². The zero-order valence-electron chi connectivity index (χ0n) is 13.4. The Labute approximate surface area is 138 Å². The smallest absolute Gasteiger partial charge is 0.245 e. The van der Waals surface area contributed by atoms with Gasteiger partial charge >= 0.3 is 0 Å². The number of morpholine rings is 1. The lowest BCUT2D eigenvalue weighted by atomic mass is 10.1. The van der Waals surface area contributed by atoms with Crippen molar-refractivity contribution >= 4 is 17.4 Å². The average Bonchev–Trinajstić information content (AvgIpc) is 3.15. The molecule has 0 bridgehead atoms. The van der Waals surface area contributed by atoms with E-state index in [2.05, 4.69) is 15.2 Å². The Morgan fingerprint density at radius 1 is 1.29 bits per heavy atom. The summed E-state index contributed by atoms with van der Waals surface area (Å²) in [5, 5.41) is 8.58. The Hall–Kier alpha value is -2.29. The number of fused-ring (bicyclic) bond motifs is 1. The molecule has 0 aromatic carbocycles. The molecule has 2 aromatic rings. The predicted octanol–water partition coefficient (Wildman–Crippen LogP) is 0.208. The molecule has 2 aliphatic heterocycles. The maximum atomic E-state index is 14.1. The van der Waals surface area contributed by atoms with Crippen molar-refractivity contribution in [2.75, 3.05) is 37.7 Å². The van der Waals surface area contributed by atoms with Crippen molar-refractivity contribution in [1.29, 1.82) is 0 Å². The molecule has 24 heavy (non-hydrogen) atoms. The SMILES string of the molecule is Cc1nc2ccc(N3C[C@H](F)C[C@H]3C(=O)N3CCOCC3)nn2n1. The summed E-state index contributed by atoms with van der Waals surface area (Å²) in [6, 6.07) is 3.01. The first-order valence-corrected chi connectivity index (χ1v) is 8.10. The number of nitrogens with zero attached hydrogens (tertiary/aromatic N) is 6. The molecule has 2 atom stereocenters. The molecule has 0 unspecified atom stereocenters. The Kier molecular flexibility index (Phi) is 3.79. The third-order valence-electron chi connectivity index (χ3n) is 4.45. The van der Waals surface area contributed by atoms with Crippen molar-refractivity contribution in [1.82, 2.24) is 24.7 Å². The van der Waals surface area contributed by atoms with Crippen LogP contribution >= 0.6 is 0 Å². The van der Waals surface area contributed by atoms with E-state index in [1.807, 2.05) is 0 Å². The summed E-state index contributed by atoms with van der Waals surface area (Å²) in [5.41, 5.74) is 0.628. The van der Waals surface area contributed by atoms with Gasteiger partial charge in [0.2, 0.25) is 5.91 Å². The third kappa shape index (κ3) is 2.68. The zero-order valence-corrected chi connectivity index (χ0v) is 13.4. The zero-order chi connectivity index (χ0) is 16.7. The normalized spacial score (nSPS) is 24.8. The van der Waals surface area contributed by atoms with E-state index < -0.39 is 12.2 Å². The first-order valence-electron chi connectivity index (χ1n) is 8.10. The van der Waals surface area contributed by atoms with Gasteiger partial charge in [0, 0.05) is 19.5 Å². The minimum Gasteiger partial charge on any atom is -0.378 e. The predicted molar refractivity (Wildman–Crippen MR) is 83.6 cm³/mol. The second-order valence-corrected chi connectivity index (χ2v) is 6.14. The van der Waals surface area contributed by atoms with Crippen molar-refractivity contribution in [3.63, 3.8) is 0 Å². The minimum absolute atomic E-state index is 0.0601. The van der Waals surface area contributed by atoms with Crippen LogP contribution in [0.25, 0.3) is 5.65 Å². The fourth-order valence-electron chi connectivity index (χ4n) is 3.30. The molecule has 1 amide bonds. The maximum Gasteiger partial charge on any atom is 0.245 e. The summed E-state index contributed by atoms with van der Waals surface area (Å²) < 4.78 is 20.8. The number of hydrogen-bond donors (Lipinski definition) is 0. The lowest BCUT2D eigenvalue weighted by Crippen LogP contribution is -2.50. The highest BCUT2D eigenvalue weighted by atomic mass is 19.1. The van der Waals surface area contributed by atoms with Gasteiger partial charge in [0.05, 0.1) is 19.8 Å². The number of carbonyl (C=O) groups is 1. The van der Waals surface area contributed by atoms with Crippen molar-refractivity contribution in [2.45, 2.75) is 25.6 Å². The number of rotatable bonds is 2. The van der Waals surface area contributed by atoms with Crippen molar-refractivity contribution in [3.8, 4) is 0 Å². The fourth-order valence-corrected chi connectivity index (χ4v) is 3.30. The minimum atomic E-state index is -1.05. The van der Waals surface area contributed by atoms with E-state index in [0.29, 0.717) is 43.6 Å². The Bertz CT molecular complexity index is 760. The molecule has 0 radical (unpaired) electrons. The molecule has 0 spiro atoms. The third-order valence-corrected chi connectivity index (χ3v) is 4.45. The highest BCUT2D eigenvalue weighted by molar-refractivity contribution is 5.86. The fraction of sp³-hybridized carbons (Fsp3) is 0.600. The van der Waals surface area contributed by atoms with Gasteiger partial charge in [-0.15, -0.1) is 14.8 Å². The topological polar surface area (TPSA) is 75.9 Å². The van der Waals surface area contributed by atoms with Gasteiger partial charge in [-0.25, -0.2) is 9.37 Å². The van der Waals surface area contributed by atoms with Gasteiger partial charge in [0.1, 0.15) is 18.0 Å². The summed E-state index contributed by atoms with van der Waals surface area (Å²) in [6.07, 6.45) is -0.860. The summed E-state index contributed by atoms with van der Waals surface area (Å²) in [5.74, 6) is 1.10. The molecular formula is C15H19FN6O2. The van der Waals surface area contributed by atoms with Crippen molar-refractivity contribution in [3.05, 3.63) is 18.0 Å². The number of alkyl halides is 1. The molecule has 2 saturated heterocycles. The van der Waals surface area contributed by atoms with Crippen LogP contribution in [0.5, 0.6) is 0 Å². The molecule has 8 nitrogen and oxygen atoms in total. The molecule has 128 valence electrons. The van der Waals surface area contributed by atoms with E-state index in [0.717, 1.165) is 0 Å².